The van der Waals surface area contributed by atoms with Crippen LogP contribution in [0.5, 0.6) is 0 Å². The Balaban J connectivity index is 1.74. The molecule has 0 heterocycles. The lowest BCUT2D eigenvalue weighted by atomic mass is 9.98. The fourth-order valence-corrected chi connectivity index (χ4v) is 3.07. The maximum atomic E-state index is 14.7. The van der Waals surface area contributed by atoms with Gasteiger partial charge in [0.25, 0.3) is 11.8 Å². The molecule has 0 radical (unpaired) electrons. The van der Waals surface area contributed by atoms with Gasteiger partial charge >= 0.3 is 5.97 Å². The molecule has 0 atom stereocenters. The van der Waals surface area contributed by atoms with Gasteiger partial charge in [-0.15, -0.1) is 0 Å². The summed E-state index contributed by atoms with van der Waals surface area (Å²) in [4.78, 5) is 35.9. The van der Waals surface area contributed by atoms with Gasteiger partial charge in [-0.05, 0) is 60.5 Å². The first-order valence-corrected chi connectivity index (χ1v) is 9.61. The van der Waals surface area contributed by atoms with Crippen molar-refractivity contribution in [3.05, 3.63) is 89.0 Å². The summed E-state index contributed by atoms with van der Waals surface area (Å²) >= 11 is 0. The van der Waals surface area contributed by atoms with Gasteiger partial charge in [0.2, 0.25) is 0 Å². The molecular weight excluding hydrogens is 418 g/mol. The third kappa shape index (κ3) is 5.34. The van der Waals surface area contributed by atoms with Crippen LogP contribution in [0.4, 0.5) is 14.5 Å². The number of hydrogen-bond acceptors (Lipinski definition) is 4. The number of carbonyl (C=O) groups excluding carboxylic acids is 3. The zero-order valence-corrected chi connectivity index (χ0v) is 17.4. The van der Waals surface area contributed by atoms with E-state index in [9.17, 15) is 23.2 Å². The van der Waals surface area contributed by atoms with Crippen molar-refractivity contribution in [2.24, 2.45) is 0 Å². The minimum absolute atomic E-state index is 0.0755. The SMILES string of the molecule is COC(=O)CNC(=O)c1cccc(NC(=O)c2ccc(-c3ccc(F)cc3C)c(F)c2)c1. The average Bonchev–Trinajstić information content (AvgIpc) is 2.77. The van der Waals surface area contributed by atoms with Crippen LogP contribution in [0, 0.1) is 18.6 Å². The predicted molar refractivity (Wildman–Crippen MR) is 115 cm³/mol. The lowest BCUT2D eigenvalue weighted by molar-refractivity contribution is -0.139. The van der Waals surface area contributed by atoms with Gasteiger partial charge in [-0.3, -0.25) is 14.4 Å². The van der Waals surface area contributed by atoms with Gasteiger partial charge in [0, 0.05) is 22.4 Å². The minimum atomic E-state index is -0.622. The first kappa shape index (κ1) is 22.6. The molecular formula is C24H20F2N2O4. The molecule has 0 bridgehead atoms. The summed E-state index contributed by atoms with van der Waals surface area (Å²) in [5.74, 6) is -2.72. The topological polar surface area (TPSA) is 84.5 Å². The molecule has 2 N–H and O–H groups in total. The molecule has 3 aromatic carbocycles. The summed E-state index contributed by atoms with van der Waals surface area (Å²) in [6.45, 7) is 1.39. The van der Waals surface area contributed by atoms with Crippen LogP contribution < -0.4 is 10.6 Å². The summed E-state index contributed by atoms with van der Waals surface area (Å²) < 4.78 is 32.5. The van der Waals surface area contributed by atoms with E-state index >= 15 is 0 Å². The van der Waals surface area contributed by atoms with Crippen LogP contribution in [0.1, 0.15) is 26.3 Å². The van der Waals surface area contributed by atoms with E-state index in [0.29, 0.717) is 16.8 Å². The zero-order chi connectivity index (χ0) is 23.3. The van der Waals surface area contributed by atoms with Crippen molar-refractivity contribution in [1.82, 2.24) is 5.32 Å². The molecule has 2 amide bonds. The van der Waals surface area contributed by atoms with Gasteiger partial charge in [-0.25, -0.2) is 8.78 Å². The number of hydrogen-bond donors (Lipinski definition) is 2. The van der Waals surface area contributed by atoms with Crippen LogP contribution in [0.3, 0.4) is 0 Å². The molecule has 0 fully saturated rings. The highest BCUT2D eigenvalue weighted by Gasteiger charge is 2.14. The van der Waals surface area contributed by atoms with Crippen LogP contribution in [0.15, 0.2) is 60.7 Å². The van der Waals surface area contributed by atoms with Crippen molar-refractivity contribution in [2.75, 3.05) is 19.0 Å². The van der Waals surface area contributed by atoms with Crippen LogP contribution in [0.2, 0.25) is 0 Å². The maximum Gasteiger partial charge on any atom is 0.325 e. The van der Waals surface area contributed by atoms with Gasteiger partial charge in [0.15, 0.2) is 0 Å². The normalized spacial score (nSPS) is 10.4. The summed E-state index contributed by atoms with van der Waals surface area (Å²) in [6, 6.07) is 14.1. The lowest BCUT2D eigenvalue weighted by Gasteiger charge is -2.11. The number of rotatable bonds is 6. The Bertz CT molecular complexity index is 1190. The molecule has 0 unspecified atom stereocenters. The zero-order valence-electron chi connectivity index (χ0n) is 17.4. The Labute approximate surface area is 183 Å². The third-order valence-corrected chi connectivity index (χ3v) is 4.71. The molecule has 3 aromatic rings. The van der Waals surface area contributed by atoms with Crippen molar-refractivity contribution in [3.8, 4) is 11.1 Å². The standard InChI is InChI=1S/C24H20F2N2O4/c1-14-10-17(25)7-9-19(14)20-8-6-16(12-21(20)26)24(31)28-18-5-3-4-15(11-18)23(30)27-13-22(29)32-2/h3-12H,13H2,1-2H3,(H,27,30)(H,28,31). The van der Waals surface area contributed by atoms with Crippen molar-refractivity contribution in [1.29, 1.82) is 0 Å². The molecule has 0 aliphatic rings. The van der Waals surface area contributed by atoms with E-state index in [-0.39, 0.29) is 23.2 Å². The van der Waals surface area contributed by atoms with E-state index in [1.165, 1.54) is 49.6 Å². The molecule has 3 rings (SSSR count). The highest BCUT2D eigenvalue weighted by atomic mass is 19.1. The number of aryl methyl sites for hydroxylation is 1. The Morgan fingerprint density at radius 1 is 0.875 bits per heavy atom. The highest BCUT2D eigenvalue weighted by Crippen LogP contribution is 2.27. The van der Waals surface area contributed by atoms with E-state index < -0.39 is 29.4 Å². The molecule has 6 nitrogen and oxygen atoms in total. The number of halogens is 2. The Morgan fingerprint density at radius 3 is 2.28 bits per heavy atom. The van der Waals surface area contributed by atoms with Crippen LogP contribution in [-0.2, 0) is 9.53 Å². The number of anilines is 1. The average molecular weight is 438 g/mol. The second-order valence-electron chi connectivity index (χ2n) is 6.95. The monoisotopic (exact) mass is 438 g/mol. The molecule has 8 heteroatoms. The largest absolute Gasteiger partial charge is 0.468 e. The van der Waals surface area contributed by atoms with Crippen molar-refractivity contribution >= 4 is 23.5 Å². The number of nitrogens with one attached hydrogen (secondary N) is 2. The third-order valence-electron chi connectivity index (χ3n) is 4.71. The van der Waals surface area contributed by atoms with Gasteiger partial charge in [-0.1, -0.05) is 18.2 Å². The smallest absolute Gasteiger partial charge is 0.325 e. The molecule has 0 spiro atoms. The second kappa shape index (κ2) is 9.82. The second-order valence-corrected chi connectivity index (χ2v) is 6.95. The van der Waals surface area contributed by atoms with Crippen LogP contribution in [0.25, 0.3) is 11.1 Å². The van der Waals surface area contributed by atoms with Crippen molar-refractivity contribution < 1.29 is 27.9 Å². The van der Waals surface area contributed by atoms with Gasteiger partial charge in [-0.2, -0.15) is 0 Å². The van der Waals surface area contributed by atoms with E-state index in [1.54, 1.807) is 19.1 Å². The first-order valence-electron chi connectivity index (χ1n) is 9.61. The highest BCUT2D eigenvalue weighted by molar-refractivity contribution is 6.05. The van der Waals surface area contributed by atoms with Crippen LogP contribution in [-0.4, -0.2) is 31.4 Å². The number of ether oxygens (including phenoxy) is 1. The minimum Gasteiger partial charge on any atom is -0.468 e. The summed E-state index contributed by atoms with van der Waals surface area (Å²) in [5, 5.41) is 5.01. The van der Waals surface area contributed by atoms with E-state index in [2.05, 4.69) is 15.4 Å². The lowest BCUT2D eigenvalue weighted by Crippen LogP contribution is -2.30. The van der Waals surface area contributed by atoms with E-state index in [4.69, 9.17) is 0 Å². The van der Waals surface area contributed by atoms with Gasteiger partial charge in [0.1, 0.15) is 18.2 Å². The summed E-state index contributed by atoms with van der Waals surface area (Å²) in [5.41, 5.74) is 1.97. The first-order chi connectivity index (χ1) is 15.3. The Hall–Kier alpha value is -4.07. The number of carbonyl (C=O) groups is 3. The molecule has 0 saturated carbocycles. The molecule has 0 aliphatic heterocycles. The quantitative estimate of drug-likeness (QED) is 0.568. The number of esters is 1. The van der Waals surface area contributed by atoms with Crippen molar-refractivity contribution in [2.45, 2.75) is 6.92 Å². The predicted octanol–water partition coefficient (Wildman–Crippen LogP) is 4.10. The van der Waals surface area contributed by atoms with Crippen LogP contribution >= 0.6 is 0 Å². The molecule has 164 valence electrons. The molecule has 32 heavy (non-hydrogen) atoms. The number of methoxy groups -OCH3 is 1. The Morgan fingerprint density at radius 2 is 1.59 bits per heavy atom. The summed E-state index contributed by atoms with van der Waals surface area (Å²) in [7, 11) is 1.21. The Kier molecular flexibility index (Phi) is 6.94. The van der Waals surface area contributed by atoms with Crippen molar-refractivity contribution in [3.63, 3.8) is 0 Å². The fourth-order valence-electron chi connectivity index (χ4n) is 3.07. The fraction of sp³-hybridized carbons (Fsp3) is 0.125. The van der Waals surface area contributed by atoms with E-state index in [1.807, 2.05) is 0 Å². The summed E-state index contributed by atoms with van der Waals surface area (Å²) in [6.07, 6.45) is 0. The molecule has 0 aliphatic carbocycles. The van der Waals surface area contributed by atoms with E-state index in [0.717, 1.165) is 6.07 Å². The molecule has 0 aromatic heterocycles. The van der Waals surface area contributed by atoms with Gasteiger partial charge in [0.05, 0.1) is 7.11 Å². The number of benzene rings is 3. The maximum absolute atomic E-state index is 14.7. The van der Waals surface area contributed by atoms with Gasteiger partial charge < -0.3 is 15.4 Å². The molecule has 0 saturated heterocycles. The number of amides is 2.